The van der Waals surface area contributed by atoms with E-state index in [0.29, 0.717) is 0 Å². The van der Waals surface area contributed by atoms with Crippen LogP contribution < -0.4 is 28.4 Å². The van der Waals surface area contributed by atoms with Crippen LogP contribution in [0.3, 0.4) is 0 Å². The van der Waals surface area contributed by atoms with Crippen molar-refractivity contribution < 1.29 is 28.4 Å². The Morgan fingerprint density at radius 2 is 2.00 bits per heavy atom. The lowest BCUT2D eigenvalue weighted by molar-refractivity contribution is -0.522. The van der Waals surface area contributed by atoms with Gasteiger partial charge in [-0.25, -0.2) is 4.40 Å². The summed E-state index contributed by atoms with van der Waals surface area (Å²) < 4.78 is 2.08. The number of fused-ring (bicyclic) bond motifs is 1. The molecule has 0 bridgehead atoms. The largest absolute Gasteiger partial charge is 1.00 e. The van der Waals surface area contributed by atoms with Crippen molar-refractivity contribution in [1.29, 1.82) is 0 Å². The van der Waals surface area contributed by atoms with Crippen LogP contribution in [-0.2, 0) is 0 Å². The molecule has 0 aromatic carbocycles. The molecule has 3 heteroatoms. The van der Waals surface area contributed by atoms with Crippen molar-refractivity contribution in [3.05, 3.63) is 41.9 Å². The van der Waals surface area contributed by atoms with E-state index in [-0.39, 0.29) is 24.0 Å². The third-order valence-electron chi connectivity index (χ3n) is 1.93. The molecule has 2 aromatic rings. The number of hydrogen-bond acceptors (Lipinski definition) is 1. The van der Waals surface area contributed by atoms with Gasteiger partial charge in [0.15, 0.2) is 5.69 Å². The van der Waals surface area contributed by atoms with Crippen LogP contribution in [0.25, 0.3) is 5.65 Å². The van der Waals surface area contributed by atoms with Gasteiger partial charge in [0, 0.05) is 19.1 Å². The quantitative estimate of drug-likeness (QED) is 0.423. The molecule has 13 heavy (non-hydrogen) atoms. The lowest BCUT2D eigenvalue weighted by Gasteiger charge is -1.94. The van der Waals surface area contributed by atoms with Gasteiger partial charge in [-0.2, -0.15) is 0 Å². The minimum absolute atomic E-state index is 0. The molecule has 0 N–H and O–H groups in total. The molecule has 2 nitrogen and oxygen atoms in total. The van der Waals surface area contributed by atoms with Crippen LogP contribution in [-0.4, -0.2) is 4.98 Å². The van der Waals surface area contributed by atoms with Crippen LogP contribution >= 0.6 is 0 Å². The number of rotatable bonds is 0. The standard InChI is InChI=1S/C10H11N2.HI/c1-8-7-9(2)12-6-4-3-5-10(12)11-8;/h3-7H,1-2H3;1H/q+1;/p-1. The van der Waals surface area contributed by atoms with E-state index in [4.69, 9.17) is 0 Å². The van der Waals surface area contributed by atoms with E-state index in [0.717, 1.165) is 11.3 Å². The molecule has 0 amide bonds. The highest BCUT2D eigenvalue weighted by Crippen LogP contribution is 1.98. The van der Waals surface area contributed by atoms with Gasteiger partial charge in [-0.3, -0.25) is 0 Å². The van der Waals surface area contributed by atoms with Gasteiger partial charge in [0.05, 0.1) is 6.20 Å². The predicted octanol–water partition coefficient (Wildman–Crippen LogP) is -1.56. The Morgan fingerprint density at radius 3 is 2.77 bits per heavy atom. The second-order valence-electron chi connectivity index (χ2n) is 2.97. The Bertz CT molecular complexity index is 426. The van der Waals surface area contributed by atoms with Gasteiger partial charge in [0.2, 0.25) is 0 Å². The first-order chi connectivity index (χ1) is 5.77. The molecule has 0 aliphatic heterocycles. The van der Waals surface area contributed by atoms with Gasteiger partial charge in [-0.15, -0.1) is 0 Å². The Morgan fingerprint density at radius 1 is 1.23 bits per heavy atom. The Hall–Kier alpha value is -0.710. The van der Waals surface area contributed by atoms with Crippen molar-refractivity contribution in [3.8, 4) is 0 Å². The molecule has 0 unspecified atom stereocenters. The fourth-order valence-electron chi connectivity index (χ4n) is 1.41. The summed E-state index contributed by atoms with van der Waals surface area (Å²) in [5.74, 6) is 0. The number of aromatic nitrogens is 2. The Balaban J connectivity index is 0.000000845. The Kier molecular flexibility index (Phi) is 3.19. The summed E-state index contributed by atoms with van der Waals surface area (Å²) in [6.45, 7) is 4.10. The lowest BCUT2D eigenvalue weighted by Crippen LogP contribution is -3.00. The third kappa shape index (κ3) is 1.96. The summed E-state index contributed by atoms with van der Waals surface area (Å²) >= 11 is 0. The lowest BCUT2D eigenvalue weighted by atomic mass is 10.3. The van der Waals surface area contributed by atoms with E-state index in [1.165, 1.54) is 5.69 Å². The zero-order valence-electron chi connectivity index (χ0n) is 7.66. The molecule has 0 radical (unpaired) electrons. The number of halogens is 1. The number of aryl methyl sites for hydroxylation is 2. The summed E-state index contributed by atoms with van der Waals surface area (Å²) in [6, 6.07) is 8.10. The molecule has 0 saturated heterocycles. The molecule has 2 aromatic heterocycles. The zero-order valence-corrected chi connectivity index (χ0v) is 9.82. The number of pyridine rings is 1. The van der Waals surface area contributed by atoms with Crippen molar-refractivity contribution in [2.75, 3.05) is 0 Å². The van der Waals surface area contributed by atoms with Crippen LogP contribution in [0, 0.1) is 13.8 Å². The topological polar surface area (TPSA) is 17.0 Å². The molecule has 0 aliphatic rings. The second kappa shape index (κ2) is 4.00. The minimum Gasteiger partial charge on any atom is -1.00 e. The molecule has 0 saturated carbocycles. The van der Waals surface area contributed by atoms with E-state index in [2.05, 4.69) is 22.4 Å². The molecule has 0 atom stereocenters. The normalized spacial score (nSPS) is 9.69. The molecular weight excluding hydrogens is 275 g/mol. The smallest absolute Gasteiger partial charge is 0.328 e. The summed E-state index contributed by atoms with van der Waals surface area (Å²) in [4.78, 5) is 4.40. The summed E-state index contributed by atoms with van der Waals surface area (Å²) in [5.41, 5.74) is 3.30. The van der Waals surface area contributed by atoms with Gasteiger partial charge >= 0.3 is 5.65 Å². The fourth-order valence-corrected chi connectivity index (χ4v) is 1.41. The molecule has 0 spiro atoms. The monoisotopic (exact) mass is 286 g/mol. The van der Waals surface area contributed by atoms with Crippen molar-refractivity contribution in [1.82, 2.24) is 4.98 Å². The highest BCUT2D eigenvalue weighted by Gasteiger charge is 2.05. The minimum atomic E-state index is 0. The highest BCUT2D eigenvalue weighted by molar-refractivity contribution is 5.29. The number of hydrogen-bond donors (Lipinski definition) is 0. The van der Waals surface area contributed by atoms with Gasteiger partial charge in [-0.1, -0.05) is 6.07 Å². The SMILES string of the molecule is Cc1cc(C)[n+]2ccccc2n1.[I-]. The van der Waals surface area contributed by atoms with Crippen molar-refractivity contribution in [2.45, 2.75) is 13.8 Å². The van der Waals surface area contributed by atoms with Crippen LogP contribution in [0.5, 0.6) is 0 Å². The molecule has 0 fully saturated rings. The number of nitrogens with zero attached hydrogens (tertiary/aromatic N) is 2. The molecule has 68 valence electrons. The fraction of sp³-hybridized carbons (Fsp3) is 0.200. The van der Waals surface area contributed by atoms with Crippen molar-refractivity contribution in [2.24, 2.45) is 0 Å². The van der Waals surface area contributed by atoms with E-state index < -0.39 is 0 Å². The van der Waals surface area contributed by atoms with Crippen LogP contribution in [0.4, 0.5) is 0 Å². The molecule has 2 rings (SSSR count). The van der Waals surface area contributed by atoms with E-state index in [9.17, 15) is 0 Å². The van der Waals surface area contributed by atoms with Gasteiger partial charge < -0.3 is 24.0 Å². The van der Waals surface area contributed by atoms with Gasteiger partial charge in [0.25, 0.3) is 0 Å². The Labute approximate surface area is 94.7 Å². The molecule has 2 heterocycles. The average Bonchev–Trinajstić information content (AvgIpc) is 2.04. The summed E-state index contributed by atoms with van der Waals surface area (Å²) in [5, 5.41) is 0. The van der Waals surface area contributed by atoms with Crippen LogP contribution in [0.2, 0.25) is 0 Å². The average molecular weight is 286 g/mol. The predicted molar refractivity (Wildman–Crippen MR) is 46.9 cm³/mol. The van der Waals surface area contributed by atoms with E-state index in [1.807, 2.05) is 31.3 Å². The van der Waals surface area contributed by atoms with Gasteiger partial charge in [0.1, 0.15) is 5.69 Å². The van der Waals surface area contributed by atoms with Gasteiger partial charge in [-0.05, 0) is 18.0 Å². The summed E-state index contributed by atoms with van der Waals surface area (Å²) in [7, 11) is 0. The zero-order chi connectivity index (χ0) is 8.55. The van der Waals surface area contributed by atoms with E-state index in [1.54, 1.807) is 0 Å². The molecular formula is C10H11IN2. The van der Waals surface area contributed by atoms with Crippen LogP contribution in [0.1, 0.15) is 11.4 Å². The van der Waals surface area contributed by atoms with Crippen LogP contribution in [0.15, 0.2) is 30.5 Å². The first-order valence-corrected chi connectivity index (χ1v) is 4.02. The van der Waals surface area contributed by atoms with Crippen molar-refractivity contribution in [3.63, 3.8) is 0 Å². The van der Waals surface area contributed by atoms with E-state index >= 15 is 0 Å². The third-order valence-corrected chi connectivity index (χ3v) is 1.93. The maximum absolute atomic E-state index is 4.40. The first-order valence-electron chi connectivity index (χ1n) is 4.02. The maximum Gasteiger partial charge on any atom is 0.328 e. The van der Waals surface area contributed by atoms with Crippen molar-refractivity contribution >= 4 is 5.65 Å². The second-order valence-corrected chi connectivity index (χ2v) is 2.97. The molecule has 0 aliphatic carbocycles. The summed E-state index contributed by atoms with van der Waals surface area (Å²) in [6.07, 6.45) is 2.02. The first kappa shape index (κ1) is 10.4. The maximum atomic E-state index is 4.40. The highest BCUT2D eigenvalue weighted by atomic mass is 127.